The largest absolute Gasteiger partial charge is 0.369 e. The van der Waals surface area contributed by atoms with E-state index in [9.17, 15) is 9.59 Å². The van der Waals surface area contributed by atoms with Crippen LogP contribution >= 0.6 is 11.3 Å². The number of aromatic nitrogens is 1. The molecule has 1 saturated heterocycles. The number of carbonyl (C=O) groups is 2. The third-order valence-corrected chi connectivity index (χ3v) is 4.77. The second kappa shape index (κ2) is 6.35. The molecular formula is C14H21N3O2S. The summed E-state index contributed by atoms with van der Waals surface area (Å²) in [5, 5.41) is 3.00. The highest BCUT2D eigenvalue weighted by molar-refractivity contribution is 7.09. The first kappa shape index (κ1) is 15.0. The van der Waals surface area contributed by atoms with Crippen LogP contribution in [-0.4, -0.2) is 34.8 Å². The Labute approximate surface area is 123 Å². The molecule has 1 unspecified atom stereocenters. The highest BCUT2D eigenvalue weighted by atomic mass is 32.1. The van der Waals surface area contributed by atoms with Crippen molar-refractivity contribution in [2.75, 3.05) is 13.1 Å². The fourth-order valence-corrected chi connectivity index (χ4v) is 3.21. The fourth-order valence-electron chi connectivity index (χ4n) is 2.37. The SMILES string of the molecule is CC(C)c1nc(CC(=O)N2CCCC(C(N)=O)C2)cs1. The minimum absolute atomic E-state index is 0.0385. The number of thiazole rings is 1. The summed E-state index contributed by atoms with van der Waals surface area (Å²) in [5.74, 6) is -0.0813. The first-order valence-corrected chi connectivity index (χ1v) is 7.86. The van der Waals surface area contributed by atoms with Crippen molar-refractivity contribution in [2.24, 2.45) is 11.7 Å². The van der Waals surface area contributed by atoms with Gasteiger partial charge in [0.15, 0.2) is 0 Å². The van der Waals surface area contributed by atoms with Crippen molar-refractivity contribution in [3.63, 3.8) is 0 Å². The summed E-state index contributed by atoms with van der Waals surface area (Å²) in [6.45, 7) is 5.35. The normalized spacial score (nSPS) is 19.4. The van der Waals surface area contributed by atoms with Gasteiger partial charge in [-0.2, -0.15) is 0 Å². The zero-order valence-corrected chi connectivity index (χ0v) is 12.8. The van der Waals surface area contributed by atoms with Crippen LogP contribution in [0, 0.1) is 5.92 Å². The van der Waals surface area contributed by atoms with Crippen molar-refractivity contribution < 1.29 is 9.59 Å². The van der Waals surface area contributed by atoms with E-state index in [0.717, 1.165) is 23.5 Å². The van der Waals surface area contributed by atoms with Gasteiger partial charge in [0.05, 0.1) is 23.0 Å². The van der Waals surface area contributed by atoms with Crippen molar-refractivity contribution in [3.8, 4) is 0 Å². The summed E-state index contributed by atoms with van der Waals surface area (Å²) >= 11 is 1.60. The minimum atomic E-state index is -0.307. The average molecular weight is 295 g/mol. The van der Waals surface area contributed by atoms with Crippen LogP contribution in [0.4, 0.5) is 0 Å². The molecule has 5 nitrogen and oxygen atoms in total. The molecule has 1 aromatic heterocycles. The number of hydrogen-bond acceptors (Lipinski definition) is 4. The zero-order chi connectivity index (χ0) is 14.7. The molecule has 6 heteroatoms. The molecule has 1 aliphatic rings. The maximum absolute atomic E-state index is 12.3. The van der Waals surface area contributed by atoms with Gasteiger partial charge in [-0.25, -0.2) is 4.98 Å². The van der Waals surface area contributed by atoms with Crippen LogP contribution in [0.1, 0.15) is 43.3 Å². The maximum Gasteiger partial charge on any atom is 0.228 e. The molecule has 1 atom stereocenters. The van der Waals surface area contributed by atoms with E-state index in [-0.39, 0.29) is 17.7 Å². The number of piperidine rings is 1. The van der Waals surface area contributed by atoms with Crippen molar-refractivity contribution in [3.05, 3.63) is 16.1 Å². The Bertz CT molecular complexity index is 498. The molecule has 0 saturated carbocycles. The monoisotopic (exact) mass is 295 g/mol. The van der Waals surface area contributed by atoms with Gasteiger partial charge in [-0.1, -0.05) is 13.8 Å². The van der Waals surface area contributed by atoms with Crippen molar-refractivity contribution in [1.82, 2.24) is 9.88 Å². The number of carbonyl (C=O) groups excluding carboxylic acids is 2. The van der Waals surface area contributed by atoms with Crippen molar-refractivity contribution in [2.45, 2.75) is 39.0 Å². The van der Waals surface area contributed by atoms with Crippen LogP contribution in [0.25, 0.3) is 0 Å². The molecule has 1 aliphatic heterocycles. The number of rotatable bonds is 4. The quantitative estimate of drug-likeness (QED) is 0.915. The van der Waals surface area contributed by atoms with Gasteiger partial charge < -0.3 is 10.6 Å². The van der Waals surface area contributed by atoms with E-state index in [2.05, 4.69) is 18.8 Å². The number of nitrogens with zero attached hydrogens (tertiary/aromatic N) is 2. The van der Waals surface area contributed by atoms with E-state index in [1.165, 1.54) is 0 Å². The molecule has 20 heavy (non-hydrogen) atoms. The lowest BCUT2D eigenvalue weighted by Crippen LogP contribution is -2.44. The summed E-state index contributed by atoms with van der Waals surface area (Å²) < 4.78 is 0. The Balaban J connectivity index is 1.95. The topological polar surface area (TPSA) is 76.3 Å². The minimum Gasteiger partial charge on any atom is -0.369 e. The highest BCUT2D eigenvalue weighted by Gasteiger charge is 2.27. The van der Waals surface area contributed by atoms with Crippen LogP contribution in [0.5, 0.6) is 0 Å². The fraction of sp³-hybridized carbons (Fsp3) is 0.643. The van der Waals surface area contributed by atoms with E-state index in [1.807, 2.05) is 5.38 Å². The van der Waals surface area contributed by atoms with E-state index >= 15 is 0 Å². The predicted octanol–water partition coefficient (Wildman–Crippen LogP) is 1.53. The summed E-state index contributed by atoms with van der Waals surface area (Å²) in [7, 11) is 0. The number of primary amides is 1. The zero-order valence-electron chi connectivity index (χ0n) is 12.0. The van der Waals surface area contributed by atoms with Gasteiger partial charge in [0, 0.05) is 24.4 Å². The Kier molecular flexibility index (Phi) is 4.75. The second-order valence-corrected chi connectivity index (χ2v) is 6.48. The molecule has 2 rings (SSSR count). The molecule has 2 N–H and O–H groups in total. The molecule has 1 aromatic rings. The van der Waals surface area contributed by atoms with E-state index in [0.29, 0.717) is 25.4 Å². The summed E-state index contributed by atoms with van der Waals surface area (Å²) in [5.41, 5.74) is 6.16. The molecule has 0 bridgehead atoms. The maximum atomic E-state index is 12.3. The molecule has 2 heterocycles. The molecular weight excluding hydrogens is 274 g/mol. The molecule has 0 aromatic carbocycles. The van der Waals surface area contributed by atoms with Gasteiger partial charge in [-0.05, 0) is 12.8 Å². The van der Waals surface area contributed by atoms with Gasteiger partial charge in [0.25, 0.3) is 0 Å². The summed E-state index contributed by atoms with van der Waals surface area (Å²) in [6.07, 6.45) is 1.94. The molecule has 0 radical (unpaired) electrons. The lowest BCUT2D eigenvalue weighted by atomic mass is 9.97. The van der Waals surface area contributed by atoms with Crippen molar-refractivity contribution >= 4 is 23.2 Å². The number of nitrogens with two attached hydrogens (primary N) is 1. The van der Waals surface area contributed by atoms with Crippen LogP contribution < -0.4 is 5.73 Å². The molecule has 2 amide bonds. The van der Waals surface area contributed by atoms with Crippen LogP contribution in [0.3, 0.4) is 0 Å². The van der Waals surface area contributed by atoms with Gasteiger partial charge in [0.2, 0.25) is 11.8 Å². The average Bonchev–Trinajstić information content (AvgIpc) is 2.87. The van der Waals surface area contributed by atoms with E-state index in [4.69, 9.17) is 5.73 Å². The van der Waals surface area contributed by atoms with E-state index in [1.54, 1.807) is 16.2 Å². The number of likely N-dealkylation sites (tertiary alicyclic amines) is 1. The number of amides is 2. The Hall–Kier alpha value is -1.43. The lowest BCUT2D eigenvalue weighted by Gasteiger charge is -2.31. The Morgan fingerprint density at radius 2 is 2.30 bits per heavy atom. The smallest absolute Gasteiger partial charge is 0.228 e. The number of hydrogen-bond donors (Lipinski definition) is 1. The van der Waals surface area contributed by atoms with E-state index < -0.39 is 0 Å². The van der Waals surface area contributed by atoms with Crippen molar-refractivity contribution in [1.29, 1.82) is 0 Å². The molecule has 110 valence electrons. The summed E-state index contributed by atoms with van der Waals surface area (Å²) in [6, 6.07) is 0. The van der Waals surface area contributed by atoms with Gasteiger partial charge in [-0.15, -0.1) is 11.3 Å². The lowest BCUT2D eigenvalue weighted by molar-refractivity contribution is -0.134. The molecule has 1 fully saturated rings. The van der Waals surface area contributed by atoms with Crippen LogP contribution in [0.15, 0.2) is 5.38 Å². The third kappa shape index (κ3) is 3.56. The van der Waals surface area contributed by atoms with Gasteiger partial charge in [0.1, 0.15) is 0 Å². The molecule has 0 spiro atoms. The van der Waals surface area contributed by atoms with Gasteiger partial charge in [-0.3, -0.25) is 9.59 Å². The summed E-state index contributed by atoms with van der Waals surface area (Å²) in [4.78, 5) is 29.7. The Morgan fingerprint density at radius 1 is 1.55 bits per heavy atom. The predicted molar refractivity (Wildman–Crippen MR) is 78.4 cm³/mol. The first-order valence-electron chi connectivity index (χ1n) is 6.98. The van der Waals surface area contributed by atoms with Crippen LogP contribution in [0.2, 0.25) is 0 Å². The second-order valence-electron chi connectivity index (χ2n) is 5.59. The Morgan fingerprint density at radius 3 is 2.90 bits per heavy atom. The molecule has 0 aliphatic carbocycles. The first-order chi connectivity index (χ1) is 9.47. The third-order valence-electron chi connectivity index (χ3n) is 3.57. The standard InChI is InChI=1S/C14H21N3O2S/c1-9(2)14-16-11(8-20-14)6-12(18)17-5-3-4-10(7-17)13(15)19/h8-10H,3-7H2,1-2H3,(H2,15,19). The van der Waals surface area contributed by atoms with Gasteiger partial charge >= 0.3 is 0 Å². The highest BCUT2D eigenvalue weighted by Crippen LogP contribution is 2.21. The van der Waals surface area contributed by atoms with Crippen LogP contribution in [-0.2, 0) is 16.0 Å².